The Balaban J connectivity index is 3.87. The lowest BCUT2D eigenvalue weighted by Crippen LogP contribution is -2.42. The van der Waals surface area contributed by atoms with E-state index in [-0.39, 0.29) is 11.8 Å². The number of unbranched alkanes of at least 4 members (excludes halogenated alkanes) is 1. The van der Waals surface area contributed by atoms with Gasteiger partial charge < -0.3 is 16.0 Å². The van der Waals surface area contributed by atoms with Crippen molar-refractivity contribution in [2.45, 2.75) is 53.9 Å². The van der Waals surface area contributed by atoms with Gasteiger partial charge in [-0.3, -0.25) is 9.79 Å². The van der Waals surface area contributed by atoms with E-state index < -0.39 is 0 Å². The number of rotatable bonds is 10. The van der Waals surface area contributed by atoms with E-state index in [1.807, 2.05) is 13.8 Å². The van der Waals surface area contributed by atoms with E-state index in [2.05, 4.69) is 41.7 Å². The van der Waals surface area contributed by atoms with Gasteiger partial charge in [-0.1, -0.05) is 40.5 Å². The van der Waals surface area contributed by atoms with Crippen LogP contribution >= 0.6 is 0 Å². The molecule has 0 aliphatic heterocycles. The molecule has 0 spiro atoms. The molecule has 0 aromatic rings. The molecule has 0 atom stereocenters. The summed E-state index contributed by atoms with van der Waals surface area (Å²) >= 11 is 0. The minimum atomic E-state index is 0.0351. The zero-order chi connectivity index (χ0) is 16.1. The summed E-state index contributed by atoms with van der Waals surface area (Å²) in [5, 5.41) is 9.34. The van der Waals surface area contributed by atoms with E-state index in [0.29, 0.717) is 13.1 Å². The summed E-state index contributed by atoms with van der Waals surface area (Å²) in [5.41, 5.74) is 0. The number of hydrogen-bond donors (Lipinski definition) is 3. The maximum atomic E-state index is 11.4. The highest BCUT2D eigenvalue weighted by Gasteiger charge is 2.05. The van der Waals surface area contributed by atoms with Crippen LogP contribution in [0.3, 0.4) is 0 Å². The smallest absolute Gasteiger partial charge is 0.222 e. The van der Waals surface area contributed by atoms with Gasteiger partial charge in [0.1, 0.15) is 0 Å². The fourth-order valence-electron chi connectivity index (χ4n) is 1.77. The van der Waals surface area contributed by atoms with Crippen LogP contribution in [0.15, 0.2) is 4.99 Å². The molecular formula is C16H34N4O. The van der Waals surface area contributed by atoms with Crippen molar-refractivity contribution in [3.05, 3.63) is 0 Å². The van der Waals surface area contributed by atoms with Gasteiger partial charge in [-0.15, -0.1) is 0 Å². The standard InChI is InChI=1S/C16H34N4O/c1-6-17-16(19-10-8-7-9-13(2)3)20-12-11-18-15(21)14(4)5/h13-14H,6-12H2,1-5H3,(H,18,21)(H2,17,19,20). The average Bonchev–Trinajstić information content (AvgIpc) is 2.42. The van der Waals surface area contributed by atoms with Crippen LogP contribution < -0.4 is 16.0 Å². The summed E-state index contributed by atoms with van der Waals surface area (Å²) in [6.45, 7) is 13.3. The summed E-state index contributed by atoms with van der Waals surface area (Å²) in [4.78, 5) is 16.0. The van der Waals surface area contributed by atoms with Gasteiger partial charge in [0.05, 0.1) is 0 Å². The van der Waals surface area contributed by atoms with Gasteiger partial charge in [-0.05, 0) is 19.3 Å². The molecule has 0 radical (unpaired) electrons. The van der Waals surface area contributed by atoms with Gasteiger partial charge in [-0.2, -0.15) is 0 Å². The molecule has 0 unspecified atom stereocenters. The number of aliphatic imine (C=N–C) groups is 1. The van der Waals surface area contributed by atoms with Crippen LogP contribution in [0.2, 0.25) is 0 Å². The highest BCUT2D eigenvalue weighted by atomic mass is 16.1. The molecule has 0 aliphatic rings. The normalized spacial score (nSPS) is 11.9. The van der Waals surface area contributed by atoms with Crippen LogP contribution in [-0.2, 0) is 4.79 Å². The summed E-state index contributed by atoms with van der Waals surface area (Å²) in [7, 11) is 0. The molecule has 1 amide bonds. The fraction of sp³-hybridized carbons (Fsp3) is 0.875. The lowest BCUT2D eigenvalue weighted by Gasteiger charge is -2.12. The summed E-state index contributed by atoms with van der Waals surface area (Å²) in [6.07, 6.45) is 3.62. The monoisotopic (exact) mass is 298 g/mol. The van der Waals surface area contributed by atoms with Crippen LogP contribution in [0.25, 0.3) is 0 Å². The lowest BCUT2D eigenvalue weighted by atomic mass is 10.1. The lowest BCUT2D eigenvalue weighted by molar-refractivity contribution is -0.123. The molecule has 0 aromatic heterocycles. The van der Waals surface area contributed by atoms with Crippen molar-refractivity contribution in [2.24, 2.45) is 16.8 Å². The number of carbonyl (C=O) groups excluding carboxylic acids is 1. The second-order valence-corrected chi connectivity index (χ2v) is 6.02. The Labute approximate surface area is 130 Å². The predicted molar refractivity (Wildman–Crippen MR) is 90.5 cm³/mol. The summed E-state index contributed by atoms with van der Waals surface area (Å²) < 4.78 is 0. The van der Waals surface area contributed by atoms with Crippen molar-refractivity contribution >= 4 is 11.9 Å². The van der Waals surface area contributed by atoms with Gasteiger partial charge in [0.15, 0.2) is 5.96 Å². The predicted octanol–water partition coefficient (Wildman–Crippen LogP) is 2.14. The molecule has 0 saturated carbocycles. The molecule has 0 aromatic carbocycles. The Morgan fingerprint density at radius 2 is 1.67 bits per heavy atom. The number of hydrogen-bond acceptors (Lipinski definition) is 2. The third-order valence-electron chi connectivity index (χ3n) is 3.04. The number of guanidine groups is 1. The molecule has 0 bridgehead atoms. The Kier molecular flexibility index (Phi) is 11.7. The first-order chi connectivity index (χ1) is 9.97. The third kappa shape index (κ3) is 12.2. The van der Waals surface area contributed by atoms with Crippen LogP contribution in [0, 0.1) is 11.8 Å². The van der Waals surface area contributed by atoms with Crippen LogP contribution in [0.4, 0.5) is 0 Å². The van der Waals surface area contributed by atoms with Gasteiger partial charge in [0.25, 0.3) is 0 Å². The minimum Gasteiger partial charge on any atom is -0.357 e. The molecule has 0 aliphatic carbocycles. The fourth-order valence-corrected chi connectivity index (χ4v) is 1.77. The minimum absolute atomic E-state index is 0.0351. The van der Waals surface area contributed by atoms with E-state index in [1.54, 1.807) is 0 Å². The van der Waals surface area contributed by atoms with Gasteiger partial charge in [-0.25, -0.2) is 0 Å². The maximum absolute atomic E-state index is 11.4. The zero-order valence-corrected chi connectivity index (χ0v) is 14.5. The molecule has 0 saturated heterocycles. The van der Waals surface area contributed by atoms with E-state index in [9.17, 15) is 4.79 Å². The van der Waals surface area contributed by atoms with Crippen LogP contribution in [0.5, 0.6) is 0 Å². The van der Waals surface area contributed by atoms with Gasteiger partial charge in [0.2, 0.25) is 5.91 Å². The SMILES string of the molecule is CCNC(=NCCCCC(C)C)NCCNC(=O)C(C)C. The Morgan fingerprint density at radius 1 is 1.00 bits per heavy atom. The summed E-state index contributed by atoms with van der Waals surface area (Å²) in [5.74, 6) is 1.73. The summed E-state index contributed by atoms with van der Waals surface area (Å²) in [6, 6.07) is 0. The number of amides is 1. The van der Waals surface area contributed by atoms with Crippen LogP contribution in [-0.4, -0.2) is 38.0 Å². The molecular weight excluding hydrogens is 264 g/mol. The van der Waals surface area contributed by atoms with E-state index in [4.69, 9.17) is 0 Å². The quantitative estimate of drug-likeness (QED) is 0.329. The highest BCUT2D eigenvalue weighted by Crippen LogP contribution is 2.05. The zero-order valence-electron chi connectivity index (χ0n) is 14.5. The number of carbonyl (C=O) groups is 1. The highest BCUT2D eigenvalue weighted by molar-refractivity contribution is 5.80. The van der Waals surface area contributed by atoms with Crippen molar-refractivity contribution in [2.75, 3.05) is 26.2 Å². The molecule has 0 heterocycles. The van der Waals surface area contributed by atoms with E-state index in [0.717, 1.165) is 31.4 Å². The van der Waals surface area contributed by atoms with Gasteiger partial charge >= 0.3 is 0 Å². The molecule has 124 valence electrons. The Bertz CT molecular complexity index is 301. The van der Waals surface area contributed by atoms with Crippen molar-refractivity contribution in [1.82, 2.24) is 16.0 Å². The van der Waals surface area contributed by atoms with E-state index in [1.165, 1.54) is 12.8 Å². The topological polar surface area (TPSA) is 65.5 Å². The second kappa shape index (κ2) is 12.5. The average molecular weight is 298 g/mol. The largest absolute Gasteiger partial charge is 0.357 e. The molecule has 0 rings (SSSR count). The van der Waals surface area contributed by atoms with Crippen molar-refractivity contribution < 1.29 is 4.79 Å². The first-order valence-corrected chi connectivity index (χ1v) is 8.27. The molecule has 0 fully saturated rings. The number of nitrogens with zero attached hydrogens (tertiary/aromatic N) is 1. The first kappa shape index (κ1) is 19.7. The molecule has 21 heavy (non-hydrogen) atoms. The maximum Gasteiger partial charge on any atom is 0.222 e. The van der Waals surface area contributed by atoms with Crippen molar-refractivity contribution in [3.63, 3.8) is 0 Å². The molecule has 5 nitrogen and oxygen atoms in total. The Morgan fingerprint density at radius 3 is 2.24 bits per heavy atom. The first-order valence-electron chi connectivity index (χ1n) is 8.27. The molecule has 5 heteroatoms. The molecule has 3 N–H and O–H groups in total. The third-order valence-corrected chi connectivity index (χ3v) is 3.04. The number of nitrogens with one attached hydrogen (secondary N) is 3. The van der Waals surface area contributed by atoms with Crippen molar-refractivity contribution in [1.29, 1.82) is 0 Å². The van der Waals surface area contributed by atoms with Crippen LogP contribution in [0.1, 0.15) is 53.9 Å². The van der Waals surface area contributed by atoms with Gasteiger partial charge in [0, 0.05) is 32.1 Å². The van der Waals surface area contributed by atoms with Crippen molar-refractivity contribution in [3.8, 4) is 0 Å². The Hall–Kier alpha value is -1.26. The van der Waals surface area contributed by atoms with E-state index >= 15 is 0 Å². The second-order valence-electron chi connectivity index (χ2n) is 6.02.